The van der Waals surface area contributed by atoms with Crippen molar-refractivity contribution in [1.82, 2.24) is 29.9 Å². The normalized spacial score (nSPS) is 15.2. The van der Waals surface area contributed by atoms with Gasteiger partial charge in [-0.15, -0.1) is 10.2 Å². The largest absolute Gasteiger partial charge is 0.451 e. The quantitative estimate of drug-likeness (QED) is 0.313. The molecule has 0 bridgehead atoms. The number of carbonyl (C=O) groups is 1. The van der Waals surface area contributed by atoms with E-state index in [1.807, 2.05) is 0 Å². The van der Waals surface area contributed by atoms with E-state index in [2.05, 4.69) is 20.4 Å². The third kappa shape index (κ3) is 4.96. The number of hydrogen-bond acceptors (Lipinski definition) is 5. The number of aromatic nitrogens is 5. The van der Waals surface area contributed by atoms with Gasteiger partial charge in [0.05, 0.1) is 22.7 Å². The lowest BCUT2D eigenvalue weighted by atomic mass is 9.99. The fourth-order valence-electron chi connectivity index (χ4n) is 5.28. The van der Waals surface area contributed by atoms with Gasteiger partial charge < -0.3 is 9.47 Å². The van der Waals surface area contributed by atoms with Crippen LogP contribution in [0.5, 0.6) is 0 Å². The zero-order valence-corrected chi connectivity index (χ0v) is 21.4. The van der Waals surface area contributed by atoms with Crippen LogP contribution in [0.4, 0.5) is 17.6 Å². The molecule has 3 heterocycles. The second kappa shape index (κ2) is 10.3. The topological polar surface area (TPSA) is 96.8 Å². The van der Waals surface area contributed by atoms with Gasteiger partial charge in [0.25, 0.3) is 11.5 Å². The molecule has 1 N–H and O–H groups in total. The summed E-state index contributed by atoms with van der Waals surface area (Å²) in [5.74, 6) is -2.58. The summed E-state index contributed by atoms with van der Waals surface area (Å²) < 4.78 is 56.9. The summed E-state index contributed by atoms with van der Waals surface area (Å²) in [4.78, 5) is 27.4. The van der Waals surface area contributed by atoms with Gasteiger partial charge in [-0.1, -0.05) is 54.6 Å². The third-order valence-electron chi connectivity index (χ3n) is 7.21. The average molecular weight is 563 g/mol. The highest BCUT2D eigenvalue weighted by Gasteiger charge is 2.43. The van der Waals surface area contributed by atoms with Crippen LogP contribution in [0.25, 0.3) is 10.8 Å². The maximum absolute atomic E-state index is 15.1. The number of halogens is 4. The number of H-pyrrole nitrogens is 1. The van der Waals surface area contributed by atoms with E-state index >= 15 is 4.39 Å². The van der Waals surface area contributed by atoms with Crippen molar-refractivity contribution in [2.45, 2.75) is 31.6 Å². The van der Waals surface area contributed by atoms with Gasteiger partial charge in [0.2, 0.25) is 5.82 Å². The van der Waals surface area contributed by atoms with Crippen molar-refractivity contribution in [1.29, 1.82) is 0 Å². The maximum atomic E-state index is 15.1. The number of hydrogen-bond donors (Lipinski definition) is 1. The monoisotopic (exact) mass is 562 g/mol. The highest BCUT2D eigenvalue weighted by Crippen LogP contribution is 2.35. The van der Waals surface area contributed by atoms with Crippen molar-refractivity contribution in [2.75, 3.05) is 6.54 Å². The summed E-state index contributed by atoms with van der Waals surface area (Å²) in [6, 6.07) is 19.1. The first-order valence-electron chi connectivity index (χ1n) is 12.8. The van der Waals surface area contributed by atoms with Crippen LogP contribution < -0.4 is 5.56 Å². The molecule has 1 atom stereocenters. The van der Waals surface area contributed by atoms with Crippen molar-refractivity contribution < 1.29 is 22.4 Å². The van der Waals surface area contributed by atoms with Gasteiger partial charge in [-0.3, -0.25) is 9.59 Å². The Morgan fingerprint density at radius 1 is 0.927 bits per heavy atom. The molecule has 3 aromatic carbocycles. The second-order valence-electron chi connectivity index (χ2n) is 9.77. The number of amides is 1. The van der Waals surface area contributed by atoms with Gasteiger partial charge in [0, 0.05) is 31.3 Å². The molecule has 0 aliphatic carbocycles. The van der Waals surface area contributed by atoms with E-state index in [0.29, 0.717) is 22.0 Å². The fourth-order valence-corrected chi connectivity index (χ4v) is 5.28. The lowest BCUT2D eigenvalue weighted by molar-refractivity contribution is -0.148. The van der Waals surface area contributed by atoms with E-state index in [0.717, 1.165) is 10.1 Å². The maximum Gasteiger partial charge on any atom is 0.451 e. The van der Waals surface area contributed by atoms with E-state index in [1.165, 1.54) is 23.1 Å². The zero-order valence-electron chi connectivity index (χ0n) is 21.4. The number of fused-ring (bicyclic) bond motifs is 2. The molecule has 12 heteroatoms. The summed E-state index contributed by atoms with van der Waals surface area (Å²) in [7, 11) is 0. The van der Waals surface area contributed by atoms with Crippen LogP contribution in [0.2, 0.25) is 0 Å². The fraction of sp³-hybridized carbons (Fsp3) is 0.207. The van der Waals surface area contributed by atoms with E-state index in [-0.39, 0.29) is 42.9 Å². The number of benzene rings is 3. The number of alkyl halides is 3. The third-order valence-corrected chi connectivity index (χ3v) is 7.21. The molecule has 2 aromatic heterocycles. The standard InChI is InChI=1S/C29H22F4N6O2/c30-22-11-10-18(15-23-19-8-4-5-9-20(19)26(40)36-34-23)14-21(22)27(41)38-12-13-39-25(35-37-28(39)29(31,32)33)24(38)16-17-6-2-1-3-7-17/h1-11,14,24H,12-13,15-16H2,(H,36,40). The van der Waals surface area contributed by atoms with Gasteiger partial charge in [0.15, 0.2) is 5.82 Å². The molecule has 1 unspecified atom stereocenters. The highest BCUT2D eigenvalue weighted by molar-refractivity contribution is 5.95. The highest BCUT2D eigenvalue weighted by atomic mass is 19.4. The first-order valence-corrected chi connectivity index (χ1v) is 12.8. The molecule has 0 fully saturated rings. The summed E-state index contributed by atoms with van der Waals surface area (Å²) in [5, 5.41) is 14.9. The minimum absolute atomic E-state index is 0.0127. The average Bonchev–Trinajstić information content (AvgIpc) is 3.42. The lowest BCUT2D eigenvalue weighted by Crippen LogP contribution is -2.44. The molecule has 6 rings (SSSR count). The lowest BCUT2D eigenvalue weighted by Gasteiger charge is -2.36. The van der Waals surface area contributed by atoms with Gasteiger partial charge in [-0.05, 0) is 29.3 Å². The minimum Gasteiger partial charge on any atom is -0.326 e. The van der Waals surface area contributed by atoms with Crippen LogP contribution >= 0.6 is 0 Å². The summed E-state index contributed by atoms with van der Waals surface area (Å²) in [6.07, 6.45) is -4.35. The van der Waals surface area contributed by atoms with Crippen molar-refractivity contribution in [2.24, 2.45) is 0 Å². The molecule has 1 amide bonds. The summed E-state index contributed by atoms with van der Waals surface area (Å²) >= 11 is 0. The molecular formula is C29H22F4N6O2. The van der Waals surface area contributed by atoms with Gasteiger partial charge in [-0.25, -0.2) is 9.49 Å². The van der Waals surface area contributed by atoms with Gasteiger partial charge in [-0.2, -0.15) is 18.3 Å². The zero-order chi connectivity index (χ0) is 28.7. The first-order chi connectivity index (χ1) is 19.7. The van der Waals surface area contributed by atoms with E-state index in [9.17, 15) is 22.8 Å². The second-order valence-corrected chi connectivity index (χ2v) is 9.77. The van der Waals surface area contributed by atoms with Crippen LogP contribution in [-0.4, -0.2) is 42.3 Å². The minimum atomic E-state index is -4.71. The van der Waals surface area contributed by atoms with E-state index in [1.54, 1.807) is 54.6 Å². The molecular weight excluding hydrogens is 540 g/mol. The van der Waals surface area contributed by atoms with Gasteiger partial charge >= 0.3 is 6.18 Å². The first kappa shape index (κ1) is 26.4. The molecule has 0 saturated heterocycles. The Morgan fingerprint density at radius 2 is 1.66 bits per heavy atom. The molecule has 208 valence electrons. The predicted molar refractivity (Wildman–Crippen MR) is 141 cm³/mol. The smallest absolute Gasteiger partial charge is 0.326 e. The van der Waals surface area contributed by atoms with Crippen LogP contribution in [-0.2, 0) is 25.6 Å². The Balaban J connectivity index is 1.36. The Morgan fingerprint density at radius 3 is 2.41 bits per heavy atom. The van der Waals surface area contributed by atoms with E-state index in [4.69, 9.17) is 0 Å². The number of nitrogens with zero attached hydrogens (tertiary/aromatic N) is 5. The van der Waals surface area contributed by atoms with Crippen LogP contribution in [0.1, 0.15) is 44.9 Å². The van der Waals surface area contributed by atoms with Crippen LogP contribution in [0.3, 0.4) is 0 Å². The Bertz CT molecular complexity index is 1820. The van der Waals surface area contributed by atoms with Crippen molar-refractivity contribution in [3.8, 4) is 0 Å². The molecule has 1 aliphatic rings. The SMILES string of the molecule is O=C(c1cc(Cc2n[nH]c(=O)c3ccccc23)ccc1F)N1CCn2c(nnc2C(F)(F)F)C1Cc1ccccc1. The van der Waals surface area contributed by atoms with Crippen LogP contribution in [0.15, 0.2) is 77.6 Å². The molecule has 41 heavy (non-hydrogen) atoms. The van der Waals surface area contributed by atoms with Gasteiger partial charge in [0.1, 0.15) is 5.82 Å². The Labute approximate surface area is 230 Å². The molecule has 0 saturated carbocycles. The number of rotatable bonds is 5. The molecule has 5 aromatic rings. The molecule has 8 nitrogen and oxygen atoms in total. The van der Waals surface area contributed by atoms with Crippen LogP contribution in [0, 0.1) is 5.82 Å². The molecule has 1 aliphatic heterocycles. The Hall–Kier alpha value is -4.87. The number of nitrogens with one attached hydrogen (secondary N) is 1. The Kier molecular flexibility index (Phi) is 6.60. The van der Waals surface area contributed by atoms with Crippen molar-refractivity contribution in [3.63, 3.8) is 0 Å². The summed E-state index contributed by atoms with van der Waals surface area (Å²) in [6.45, 7) is -0.289. The number of carbonyl (C=O) groups excluding carboxylic acids is 1. The molecule has 0 spiro atoms. The van der Waals surface area contributed by atoms with E-state index < -0.39 is 29.8 Å². The predicted octanol–water partition coefficient (Wildman–Crippen LogP) is 4.70. The molecule has 0 radical (unpaired) electrons. The number of aromatic amines is 1. The van der Waals surface area contributed by atoms with Crippen molar-refractivity contribution in [3.05, 3.63) is 123 Å². The summed E-state index contributed by atoms with van der Waals surface area (Å²) in [5.41, 5.74) is 1.32. The van der Waals surface area contributed by atoms with Crippen molar-refractivity contribution >= 4 is 16.7 Å².